The lowest BCUT2D eigenvalue weighted by molar-refractivity contribution is -0.0186. The quantitative estimate of drug-likeness (QED) is 0.705. The molecule has 9 heteroatoms. The number of hydrogen-bond donors (Lipinski definition) is 1. The van der Waals surface area contributed by atoms with E-state index in [0.29, 0.717) is 90.9 Å². The van der Waals surface area contributed by atoms with Crippen LogP contribution >= 0.6 is 0 Å². The average molecular weight is 331 g/mol. The van der Waals surface area contributed by atoms with Crippen molar-refractivity contribution in [3.05, 3.63) is 11.6 Å². The summed E-state index contributed by atoms with van der Waals surface area (Å²) in [6, 6.07) is 0. The van der Waals surface area contributed by atoms with Crippen LogP contribution in [-0.2, 0) is 41.6 Å². The first kappa shape index (κ1) is 18.2. The smallest absolute Gasteiger partial charge is 0.176 e. The molecule has 2 rings (SSSR count). The predicted octanol–water partition coefficient (Wildman–Crippen LogP) is -0.0821. The maximum atomic E-state index is 5.45. The van der Waals surface area contributed by atoms with Crippen LogP contribution in [0.4, 0.5) is 0 Å². The summed E-state index contributed by atoms with van der Waals surface area (Å²) in [4.78, 5) is 4.27. The predicted molar refractivity (Wildman–Crippen MR) is 79.0 cm³/mol. The van der Waals surface area contributed by atoms with E-state index < -0.39 is 0 Å². The molecule has 0 unspecified atom stereocenters. The first-order valence-corrected chi connectivity index (χ1v) is 7.82. The SMILES string of the molecule is C1COCCOCCOCc2nc(n[nH]2)COCCOCCO1. The van der Waals surface area contributed by atoms with Crippen LogP contribution in [-0.4, -0.2) is 81.3 Å². The number of hydrogen-bond acceptors (Lipinski definition) is 8. The molecule has 0 aliphatic carbocycles. The zero-order chi connectivity index (χ0) is 16.0. The third-order valence-corrected chi connectivity index (χ3v) is 2.91. The summed E-state index contributed by atoms with van der Waals surface area (Å²) >= 11 is 0. The second-order valence-electron chi connectivity index (χ2n) is 4.75. The molecule has 0 fully saturated rings. The molecule has 9 nitrogen and oxygen atoms in total. The standard InChI is InChI=1S/C14H25N3O6/c1-2-19-4-6-21-8-10-23-12-14-15-13(16-17-14)11-22-9-7-20-5-3-18-1/h1-12H2,(H,15,16,17). The van der Waals surface area contributed by atoms with Gasteiger partial charge in [0.05, 0.1) is 66.1 Å². The number of ether oxygens (including phenoxy) is 6. The highest BCUT2D eigenvalue weighted by molar-refractivity contribution is 4.87. The summed E-state index contributed by atoms with van der Waals surface area (Å²) in [6.45, 7) is 5.98. The van der Waals surface area contributed by atoms with Gasteiger partial charge < -0.3 is 28.4 Å². The summed E-state index contributed by atoms with van der Waals surface area (Å²) in [5, 5.41) is 6.88. The van der Waals surface area contributed by atoms with Crippen LogP contribution in [0.3, 0.4) is 0 Å². The number of nitrogens with one attached hydrogen (secondary N) is 1. The first-order chi connectivity index (χ1) is 11.4. The third kappa shape index (κ3) is 8.94. The van der Waals surface area contributed by atoms with E-state index in [1.165, 1.54) is 0 Å². The van der Waals surface area contributed by atoms with Gasteiger partial charge in [-0.15, -0.1) is 0 Å². The summed E-state index contributed by atoms with van der Waals surface area (Å²) in [5.41, 5.74) is 0. The molecule has 23 heavy (non-hydrogen) atoms. The molecule has 2 heterocycles. The molecule has 1 N–H and O–H groups in total. The monoisotopic (exact) mass is 331 g/mol. The van der Waals surface area contributed by atoms with E-state index in [1.807, 2.05) is 0 Å². The summed E-state index contributed by atoms with van der Waals surface area (Å²) < 4.78 is 32.4. The minimum Gasteiger partial charge on any atom is -0.377 e. The van der Waals surface area contributed by atoms with Crippen molar-refractivity contribution < 1.29 is 28.4 Å². The van der Waals surface area contributed by atoms with E-state index in [1.54, 1.807) is 0 Å². The highest BCUT2D eigenvalue weighted by atomic mass is 16.6. The van der Waals surface area contributed by atoms with Crippen molar-refractivity contribution in [3.63, 3.8) is 0 Å². The molecule has 132 valence electrons. The van der Waals surface area contributed by atoms with Crippen LogP contribution in [0.15, 0.2) is 0 Å². The Labute approximate surface area is 135 Å². The Balaban J connectivity index is 1.66. The third-order valence-electron chi connectivity index (χ3n) is 2.91. The minimum atomic E-state index is 0.344. The molecule has 0 spiro atoms. The number of rotatable bonds is 0. The van der Waals surface area contributed by atoms with Crippen LogP contribution < -0.4 is 0 Å². The van der Waals surface area contributed by atoms with Gasteiger partial charge in [-0.3, -0.25) is 5.10 Å². The van der Waals surface area contributed by atoms with Gasteiger partial charge in [-0.05, 0) is 0 Å². The fourth-order valence-corrected chi connectivity index (χ4v) is 1.79. The summed E-state index contributed by atoms with van der Waals surface area (Å²) in [6.07, 6.45) is 0. The van der Waals surface area contributed by atoms with Crippen molar-refractivity contribution in [2.24, 2.45) is 0 Å². The second-order valence-corrected chi connectivity index (χ2v) is 4.75. The Morgan fingerprint density at radius 2 is 1.00 bits per heavy atom. The molecule has 1 aliphatic rings. The van der Waals surface area contributed by atoms with Gasteiger partial charge >= 0.3 is 0 Å². The van der Waals surface area contributed by atoms with Gasteiger partial charge in [0, 0.05) is 0 Å². The van der Waals surface area contributed by atoms with Crippen LogP contribution in [0.25, 0.3) is 0 Å². The van der Waals surface area contributed by atoms with Crippen molar-refractivity contribution in [2.45, 2.75) is 13.2 Å². The largest absolute Gasteiger partial charge is 0.377 e. The average Bonchev–Trinajstić information content (AvgIpc) is 3.01. The Morgan fingerprint density at radius 3 is 1.52 bits per heavy atom. The Hall–Kier alpha value is -1.10. The molecule has 1 aliphatic heterocycles. The van der Waals surface area contributed by atoms with Crippen molar-refractivity contribution in [1.29, 1.82) is 0 Å². The summed E-state index contributed by atoms with van der Waals surface area (Å²) in [5.74, 6) is 1.28. The lowest BCUT2D eigenvalue weighted by atomic mass is 10.6. The molecule has 0 aromatic carbocycles. The topological polar surface area (TPSA) is 97.0 Å². The maximum absolute atomic E-state index is 5.45. The Morgan fingerprint density at radius 1 is 0.565 bits per heavy atom. The molecule has 0 saturated heterocycles. The van der Waals surface area contributed by atoms with Gasteiger partial charge in [0.15, 0.2) is 11.6 Å². The zero-order valence-electron chi connectivity index (χ0n) is 13.3. The fraction of sp³-hybridized carbons (Fsp3) is 0.857. The molecular weight excluding hydrogens is 306 g/mol. The van der Waals surface area contributed by atoms with E-state index in [4.69, 9.17) is 28.4 Å². The van der Waals surface area contributed by atoms with Crippen molar-refractivity contribution >= 4 is 0 Å². The van der Waals surface area contributed by atoms with Gasteiger partial charge in [0.25, 0.3) is 0 Å². The van der Waals surface area contributed by atoms with Gasteiger partial charge in [-0.25, -0.2) is 4.98 Å². The van der Waals surface area contributed by atoms with Crippen LogP contribution in [0.5, 0.6) is 0 Å². The molecule has 1 aromatic rings. The zero-order valence-corrected chi connectivity index (χ0v) is 13.3. The lowest BCUT2D eigenvalue weighted by Gasteiger charge is -2.07. The number of fused-ring (bicyclic) bond motifs is 2. The highest BCUT2D eigenvalue weighted by Crippen LogP contribution is 1.97. The first-order valence-electron chi connectivity index (χ1n) is 7.82. The number of H-pyrrole nitrogens is 1. The molecule has 1 aromatic heterocycles. The maximum Gasteiger partial charge on any atom is 0.176 e. The van der Waals surface area contributed by atoms with Gasteiger partial charge in [0.1, 0.15) is 13.2 Å². The normalized spacial score (nSPS) is 21.4. The van der Waals surface area contributed by atoms with Crippen LogP contribution in [0, 0.1) is 0 Å². The minimum absolute atomic E-state index is 0.344. The molecule has 2 bridgehead atoms. The fourth-order valence-electron chi connectivity index (χ4n) is 1.79. The Kier molecular flexibility index (Phi) is 9.79. The van der Waals surface area contributed by atoms with E-state index in [0.717, 1.165) is 0 Å². The van der Waals surface area contributed by atoms with Crippen LogP contribution in [0.1, 0.15) is 11.6 Å². The molecule has 0 radical (unpaired) electrons. The highest BCUT2D eigenvalue weighted by Gasteiger charge is 2.04. The van der Waals surface area contributed by atoms with Crippen molar-refractivity contribution in [1.82, 2.24) is 15.2 Å². The summed E-state index contributed by atoms with van der Waals surface area (Å²) in [7, 11) is 0. The van der Waals surface area contributed by atoms with Crippen LogP contribution in [0.2, 0.25) is 0 Å². The van der Waals surface area contributed by atoms with E-state index >= 15 is 0 Å². The van der Waals surface area contributed by atoms with Crippen molar-refractivity contribution in [2.75, 3.05) is 66.1 Å². The molecule has 0 amide bonds. The van der Waals surface area contributed by atoms with Gasteiger partial charge in [0.2, 0.25) is 0 Å². The molecule has 0 atom stereocenters. The second kappa shape index (κ2) is 12.3. The van der Waals surface area contributed by atoms with E-state index in [-0.39, 0.29) is 0 Å². The number of aromatic amines is 1. The number of nitrogens with zero attached hydrogens (tertiary/aromatic N) is 2. The van der Waals surface area contributed by atoms with Crippen molar-refractivity contribution in [3.8, 4) is 0 Å². The van der Waals surface area contributed by atoms with E-state index in [2.05, 4.69) is 15.2 Å². The Bertz CT molecular complexity index is 369. The van der Waals surface area contributed by atoms with Gasteiger partial charge in [-0.2, -0.15) is 5.10 Å². The number of aromatic nitrogens is 3. The molecule has 0 saturated carbocycles. The molecular formula is C14H25N3O6. The van der Waals surface area contributed by atoms with Gasteiger partial charge in [-0.1, -0.05) is 0 Å². The lowest BCUT2D eigenvalue weighted by Crippen LogP contribution is -2.14. The van der Waals surface area contributed by atoms with E-state index in [9.17, 15) is 0 Å².